The summed E-state index contributed by atoms with van der Waals surface area (Å²) in [4.78, 5) is 0. The largest absolute Gasteiger partial charge is 0.172 e. The molecule has 0 radical (unpaired) electrons. The summed E-state index contributed by atoms with van der Waals surface area (Å²) < 4.78 is 1.88. The number of hydrogen-bond acceptors (Lipinski definition) is 2. The Morgan fingerprint density at radius 3 is 3.08 bits per heavy atom. The monoisotopic (exact) mass is 162 g/mol. The topological polar surface area (TPSA) is 27.7 Å². The SMILES string of the molecule is CC(C)C1=CN=N[N+]2=CC=CC12. The van der Waals surface area contributed by atoms with Gasteiger partial charge in [-0.25, -0.2) is 0 Å². The first kappa shape index (κ1) is 7.40. The van der Waals surface area contributed by atoms with Crippen molar-refractivity contribution in [3.05, 3.63) is 23.9 Å². The van der Waals surface area contributed by atoms with E-state index in [1.165, 1.54) is 5.57 Å². The Morgan fingerprint density at radius 2 is 2.33 bits per heavy atom. The van der Waals surface area contributed by atoms with Crippen molar-refractivity contribution < 1.29 is 4.68 Å². The van der Waals surface area contributed by atoms with E-state index in [0.717, 1.165) is 0 Å². The van der Waals surface area contributed by atoms with Gasteiger partial charge in [0.25, 0.3) is 0 Å². The second-order valence-electron chi connectivity index (χ2n) is 3.35. The Morgan fingerprint density at radius 1 is 1.50 bits per heavy atom. The van der Waals surface area contributed by atoms with Crippen molar-refractivity contribution in [2.45, 2.75) is 19.9 Å². The van der Waals surface area contributed by atoms with E-state index in [0.29, 0.717) is 12.0 Å². The first-order chi connectivity index (χ1) is 5.79. The van der Waals surface area contributed by atoms with Gasteiger partial charge in [-0.15, -0.1) is 4.68 Å². The first-order valence-corrected chi connectivity index (χ1v) is 4.20. The van der Waals surface area contributed by atoms with Crippen molar-refractivity contribution in [3.8, 4) is 0 Å². The van der Waals surface area contributed by atoms with Crippen LogP contribution in [0.2, 0.25) is 0 Å². The lowest BCUT2D eigenvalue weighted by molar-refractivity contribution is -0.554. The lowest BCUT2D eigenvalue weighted by Crippen LogP contribution is -2.23. The van der Waals surface area contributed by atoms with Gasteiger partial charge in [-0.05, 0) is 18.1 Å². The summed E-state index contributed by atoms with van der Waals surface area (Å²) in [6.45, 7) is 4.36. The lowest BCUT2D eigenvalue weighted by atomic mass is 9.97. The number of hydrogen-bond donors (Lipinski definition) is 0. The third-order valence-corrected chi connectivity index (χ3v) is 2.19. The smallest absolute Gasteiger partial charge is 0.126 e. The van der Waals surface area contributed by atoms with Gasteiger partial charge in [0.1, 0.15) is 11.4 Å². The van der Waals surface area contributed by atoms with E-state index in [1.807, 2.05) is 23.2 Å². The van der Waals surface area contributed by atoms with Gasteiger partial charge >= 0.3 is 0 Å². The zero-order valence-corrected chi connectivity index (χ0v) is 7.31. The Labute approximate surface area is 71.8 Å². The van der Waals surface area contributed by atoms with Crippen LogP contribution in [0.25, 0.3) is 0 Å². The molecule has 3 heteroatoms. The van der Waals surface area contributed by atoms with Crippen LogP contribution in [0.1, 0.15) is 13.8 Å². The van der Waals surface area contributed by atoms with Crippen molar-refractivity contribution in [1.29, 1.82) is 0 Å². The molecule has 1 unspecified atom stereocenters. The highest BCUT2D eigenvalue weighted by Crippen LogP contribution is 2.23. The standard InChI is InChI=1S/C9H12N3/c1-7(2)8-6-10-11-12-5-3-4-9(8)12/h3-7,9H,1-2H3/q+1. The minimum absolute atomic E-state index is 0.322. The van der Waals surface area contributed by atoms with Gasteiger partial charge < -0.3 is 0 Å². The summed E-state index contributed by atoms with van der Waals surface area (Å²) in [6.07, 6.45) is 7.98. The predicted octanol–water partition coefficient (Wildman–Crippen LogP) is 1.93. The molecule has 0 aliphatic carbocycles. The van der Waals surface area contributed by atoms with Crippen LogP contribution in [-0.4, -0.2) is 16.9 Å². The molecule has 2 aliphatic rings. The number of nitrogens with zero attached hydrogens (tertiary/aromatic N) is 3. The van der Waals surface area contributed by atoms with Crippen molar-refractivity contribution >= 4 is 6.21 Å². The fourth-order valence-corrected chi connectivity index (χ4v) is 1.49. The molecular formula is C9H12N3+. The Balaban J connectivity index is 2.35. The van der Waals surface area contributed by atoms with Crippen LogP contribution in [0.5, 0.6) is 0 Å². The highest BCUT2D eigenvalue weighted by Gasteiger charge is 2.28. The minimum Gasteiger partial charge on any atom is -0.126 e. The molecule has 62 valence electrons. The van der Waals surface area contributed by atoms with Crippen LogP contribution in [0, 0.1) is 5.92 Å². The fraction of sp³-hybridized carbons (Fsp3) is 0.444. The third-order valence-electron chi connectivity index (χ3n) is 2.19. The summed E-state index contributed by atoms with van der Waals surface area (Å²) in [7, 11) is 0. The normalized spacial score (nSPS) is 25.8. The number of rotatable bonds is 1. The Kier molecular flexibility index (Phi) is 1.64. The molecule has 1 atom stereocenters. The van der Waals surface area contributed by atoms with Crippen molar-refractivity contribution in [2.75, 3.05) is 0 Å². The van der Waals surface area contributed by atoms with E-state index in [-0.39, 0.29) is 0 Å². The lowest BCUT2D eigenvalue weighted by Gasteiger charge is -2.14. The second-order valence-corrected chi connectivity index (χ2v) is 3.35. The average Bonchev–Trinajstić information content (AvgIpc) is 2.49. The quantitative estimate of drug-likeness (QED) is 0.527. The van der Waals surface area contributed by atoms with Crippen molar-refractivity contribution in [3.63, 3.8) is 0 Å². The zero-order valence-electron chi connectivity index (χ0n) is 7.31. The van der Waals surface area contributed by atoms with Gasteiger partial charge in [0, 0.05) is 5.57 Å². The van der Waals surface area contributed by atoms with E-state index in [2.05, 4.69) is 30.3 Å². The van der Waals surface area contributed by atoms with E-state index >= 15 is 0 Å². The average molecular weight is 162 g/mol. The molecule has 3 nitrogen and oxygen atoms in total. The van der Waals surface area contributed by atoms with Gasteiger partial charge in [0.05, 0.1) is 5.11 Å². The molecule has 0 amide bonds. The summed E-state index contributed by atoms with van der Waals surface area (Å²) >= 11 is 0. The van der Waals surface area contributed by atoms with Crippen LogP contribution in [-0.2, 0) is 0 Å². The molecule has 0 aromatic carbocycles. The van der Waals surface area contributed by atoms with E-state index < -0.39 is 0 Å². The summed E-state index contributed by atoms with van der Waals surface area (Å²) in [5, 5.41) is 7.93. The molecule has 0 saturated heterocycles. The summed E-state index contributed by atoms with van der Waals surface area (Å²) in [5.41, 5.74) is 1.33. The molecule has 0 saturated carbocycles. The molecule has 0 spiro atoms. The second kappa shape index (κ2) is 2.66. The Bertz CT molecular complexity index is 308. The van der Waals surface area contributed by atoms with Crippen molar-refractivity contribution in [2.24, 2.45) is 16.3 Å². The van der Waals surface area contributed by atoms with Crippen LogP contribution in [0.3, 0.4) is 0 Å². The van der Waals surface area contributed by atoms with Gasteiger partial charge in [0.2, 0.25) is 0 Å². The van der Waals surface area contributed by atoms with Crippen LogP contribution >= 0.6 is 0 Å². The van der Waals surface area contributed by atoms with Crippen LogP contribution < -0.4 is 0 Å². The summed E-state index contributed by atoms with van der Waals surface area (Å²) in [5.74, 6) is 0.535. The molecule has 2 heterocycles. The third kappa shape index (κ3) is 1.02. The zero-order chi connectivity index (χ0) is 8.55. The molecule has 0 fully saturated rings. The maximum absolute atomic E-state index is 3.99. The maximum Gasteiger partial charge on any atom is 0.172 e. The first-order valence-electron chi connectivity index (χ1n) is 4.20. The molecule has 2 rings (SSSR count). The van der Waals surface area contributed by atoms with Crippen LogP contribution in [0.15, 0.2) is 34.3 Å². The minimum atomic E-state index is 0.322. The van der Waals surface area contributed by atoms with E-state index in [9.17, 15) is 0 Å². The van der Waals surface area contributed by atoms with E-state index in [4.69, 9.17) is 0 Å². The van der Waals surface area contributed by atoms with Gasteiger partial charge in [-0.1, -0.05) is 13.8 Å². The molecule has 0 aromatic rings. The molecular weight excluding hydrogens is 150 g/mol. The molecule has 0 aromatic heterocycles. The molecule has 2 aliphatic heterocycles. The molecule has 12 heavy (non-hydrogen) atoms. The van der Waals surface area contributed by atoms with Gasteiger partial charge in [0.15, 0.2) is 12.2 Å². The maximum atomic E-state index is 3.99. The van der Waals surface area contributed by atoms with Gasteiger partial charge in [-0.3, -0.25) is 0 Å². The number of allylic oxidation sites excluding steroid dienone is 1. The molecule has 0 bridgehead atoms. The highest BCUT2D eigenvalue weighted by atomic mass is 15.5. The van der Waals surface area contributed by atoms with E-state index in [1.54, 1.807) is 0 Å². The fourth-order valence-electron chi connectivity index (χ4n) is 1.49. The number of fused-ring (bicyclic) bond motifs is 1. The highest BCUT2D eigenvalue weighted by molar-refractivity contribution is 5.68. The van der Waals surface area contributed by atoms with Crippen molar-refractivity contribution in [1.82, 2.24) is 0 Å². The Hall–Kier alpha value is -1.25. The van der Waals surface area contributed by atoms with Gasteiger partial charge in [-0.2, -0.15) is 0 Å². The predicted molar refractivity (Wildman–Crippen MR) is 47.0 cm³/mol. The molecule has 0 N–H and O–H groups in total. The summed E-state index contributed by atoms with van der Waals surface area (Å²) in [6, 6.07) is 0.322. The van der Waals surface area contributed by atoms with Crippen LogP contribution in [0.4, 0.5) is 0 Å².